The van der Waals surface area contributed by atoms with Gasteiger partial charge in [-0.2, -0.15) is 0 Å². The molecule has 2 atom stereocenters. The molecule has 2 saturated heterocycles. The minimum atomic E-state index is -0.199. The molecule has 4 nitrogen and oxygen atoms in total. The lowest BCUT2D eigenvalue weighted by atomic mass is 9.90. The van der Waals surface area contributed by atoms with Gasteiger partial charge in [-0.3, -0.25) is 9.69 Å². The van der Waals surface area contributed by atoms with Gasteiger partial charge >= 0.3 is 0 Å². The molecule has 2 aliphatic rings. The maximum Gasteiger partial charge on any atom is 0.231 e. The van der Waals surface area contributed by atoms with Crippen LogP contribution in [0.15, 0.2) is 0 Å². The molecule has 0 bridgehead atoms. The first kappa shape index (κ1) is 10.9. The van der Waals surface area contributed by atoms with Crippen molar-refractivity contribution in [2.45, 2.75) is 31.7 Å². The van der Waals surface area contributed by atoms with Crippen molar-refractivity contribution in [2.75, 3.05) is 26.2 Å². The van der Waals surface area contributed by atoms with E-state index in [2.05, 4.69) is 10.2 Å². The summed E-state index contributed by atoms with van der Waals surface area (Å²) in [4.78, 5) is 13.1. The molecule has 86 valence electrons. The van der Waals surface area contributed by atoms with Crippen molar-refractivity contribution in [1.82, 2.24) is 10.2 Å². The van der Waals surface area contributed by atoms with Crippen molar-refractivity contribution in [2.24, 2.45) is 11.7 Å². The Morgan fingerprint density at radius 3 is 2.93 bits per heavy atom. The Morgan fingerprint density at radius 1 is 1.40 bits per heavy atom. The van der Waals surface area contributed by atoms with Gasteiger partial charge in [-0.15, -0.1) is 0 Å². The molecule has 0 aromatic rings. The SMILES string of the molecule is NC(=O)CN1CCCC(C2CCCN2)C1. The largest absolute Gasteiger partial charge is 0.369 e. The smallest absolute Gasteiger partial charge is 0.231 e. The maximum absolute atomic E-state index is 10.9. The van der Waals surface area contributed by atoms with Crippen LogP contribution in [-0.4, -0.2) is 43.0 Å². The number of nitrogens with zero attached hydrogens (tertiary/aromatic N) is 1. The number of hydrogen-bond donors (Lipinski definition) is 2. The Labute approximate surface area is 91.2 Å². The summed E-state index contributed by atoms with van der Waals surface area (Å²) in [6.07, 6.45) is 5.11. The highest BCUT2D eigenvalue weighted by Crippen LogP contribution is 2.24. The van der Waals surface area contributed by atoms with E-state index in [9.17, 15) is 4.79 Å². The quantitative estimate of drug-likeness (QED) is 0.687. The van der Waals surface area contributed by atoms with Crippen LogP contribution in [0.3, 0.4) is 0 Å². The van der Waals surface area contributed by atoms with Gasteiger partial charge in [-0.05, 0) is 44.7 Å². The van der Waals surface area contributed by atoms with E-state index < -0.39 is 0 Å². The van der Waals surface area contributed by atoms with Crippen LogP contribution in [0.2, 0.25) is 0 Å². The first-order valence-electron chi connectivity index (χ1n) is 6.00. The first-order chi connectivity index (χ1) is 7.25. The molecule has 0 spiro atoms. The van der Waals surface area contributed by atoms with Crippen LogP contribution in [0.4, 0.5) is 0 Å². The molecule has 0 aliphatic carbocycles. The zero-order valence-corrected chi connectivity index (χ0v) is 9.24. The summed E-state index contributed by atoms with van der Waals surface area (Å²) in [5.41, 5.74) is 5.23. The predicted octanol–water partition coefficient (Wildman–Crippen LogP) is -0.0643. The second-order valence-corrected chi connectivity index (χ2v) is 4.81. The highest BCUT2D eigenvalue weighted by molar-refractivity contribution is 5.75. The van der Waals surface area contributed by atoms with Gasteiger partial charge in [-0.25, -0.2) is 0 Å². The normalized spacial score (nSPS) is 33.1. The number of carbonyl (C=O) groups is 1. The van der Waals surface area contributed by atoms with E-state index in [0.717, 1.165) is 25.6 Å². The van der Waals surface area contributed by atoms with Gasteiger partial charge in [0, 0.05) is 12.6 Å². The van der Waals surface area contributed by atoms with E-state index in [1.165, 1.54) is 25.7 Å². The predicted molar refractivity (Wildman–Crippen MR) is 59.4 cm³/mol. The summed E-state index contributed by atoms with van der Waals surface area (Å²) >= 11 is 0. The zero-order chi connectivity index (χ0) is 10.7. The number of hydrogen-bond acceptors (Lipinski definition) is 3. The Kier molecular flexibility index (Phi) is 3.59. The minimum absolute atomic E-state index is 0.199. The van der Waals surface area contributed by atoms with Crippen LogP contribution >= 0.6 is 0 Å². The number of nitrogens with one attached hydrogen (secondary N) is 1. The molecule has 0 aromatic heterocycles. The van der Waals surface area contributed by atoms with Crippen LogP contribution in [-0.2, 0) is 4.79 Å². The summed E-state index contributed by atoms with van der Waals surface area (Å²) in [6.45, 7) is 3.67. The molecule has 1 amide bonds. The van der Waals surface area contributed by atoms with Crippen LogP contribution < -0.4 is 11.1 Å². The molecule has 15 heavy (non-hydrogen) atoms. The lowest BCUT2D eigenvalue weighted by Crippen LogP contribution is -2.46. The third-order valence-electron chi connectivity index (χ3n) is 3.59. The van der Waals surface area contributed by atoms with Crippen molar-refractivity contribution >= 4 is 5.91 Å². The molecule has 2 unspecified atom stereocenters. The summed E-state index contributed by atoms with van der Waals surface area (Å²) in [7, 11) is 0. The fourth-order valence-corrected chi connectivity index (χ4v) is 2.90. The summed E-state index contributed by atoms with van der Waals surface area (Å²) in [5.74, 6) is 0.524. The zero-order valence-electron chi connectivity index (χ0n) is 9.24. The number of carbonyl (C=O) groups excluding carboxylic acids is 1. The Balaban J connectivity index is 1.83. The Hall–Kier alpha value is -0.610. The average molecular weight is 211 g/mol. The molecular formula is C11H21N3O. The van der Waals surface area contributed by atoms with Crippen molar-refractivity contribution < 1.29 is 4.79 Å². The number of piperidine rings is 1. The van der Waals surface area contributed by atoms with Crippen molar-refractivity contribution in [3.05, 3.63) is 0 Å². The van der Waals surface area contributed by atoms with E-state index in [0.29, 0.717) is 12.6 Å². The van der Waals surface area contributed by atoms with Crippen molar-refractivity contribution in [3.63, 3.8) is 0 Å². The van der Waals surface area contributed by atoms with E-state index in [1.54, 1.807) is 0 Å². The molecule has 0 aromatic carbocycles. The van der Waals surface area contributed by atoms with Crippen LogP contribution in [0, 0.1) is 5.92 Å². The summed E-state index contributed by atoms with van der Waals surface area (Å²) in [6, 6.07) is 0.681. The highest BCUT2D eigenvalue weighted by Gasteiger charge is 2.29. The minimum Gasteiger partial charge on any atom is -0.369 e. The molecule has 3 N–H and O–H groups in total. The van der Waals surface area contributed by atoms with E-state index >= 15 is 0 Å². The third-order valence-corrected chi connectivity index (χ3v) is 3.59. The van der Waals surface area contributed by atoms with Crippen LogP contribution in [0.25, 0.3) is 0 Å². The van der Waals surface area contributed by atoms with Gasteiger partial charge in [-0.1, -0.05) is 0 Å². The molecular weight excluding hydrogens is 190 g/mol. The average Bonchev–Trinajstić information content (AvgIpc) is 2.69. The molecule has 0 saturated carbocycles. The Bertz CT molecular complexity index is 226. The molecule has 4 heteroatoms. The fourth-order valence-electron chi connectivity index (χ4n) is 2.90. The van der Waals surface area contributed by atoms with E-state index in [1.807, 2.05) is 0 Å². The molecule has 2 fully saturated rings. The second kappa shape index (κ2) is 4.94. The topological polar surface area (TPSA) is 58.4 Å². The van der Waals surface area contributed by atoms with Gasteiger partial charge in [0.15, 0.2) is 0 Å². The van der Waals surface area contributed by atoms with Gasteiger partial charge in [0.05, 0.1) is 6.54 Å². The third kappa shape index (κ3) is 2.92. The number of rotatable bonds is 3. The van der Waals surface area contributed by atoms with E-state index in [-0.39, 0.29) is 5.91 Å². The molecule has 2 rings (SSSR count). The molecule has 0 radical (unpaired) electrons. The van der Waals surface area contributed by atoms with E-state index in [4.69, 9.17) is 5.73 Å². The maximum atomic E-state index is 10.9. The fraction of sp³-hybridized carbons (Fsp3) is 0.909. The summed E-state index contributed by atoms with van der Waals surface area (Å²) < 4.78 is 0. The number of nitrogens with two attached hydrogens (primary N) is 1. The van der Waals surface area contributed by atoms with Crippen LogP contribution in [0.5, 0.6) is 0 Å². The lowest BCUT2D eigenvalue weighted by Gasteiger charge is -2.35. The van der Waals surface area contributed by atoms with Gasteiger partial charge in [0.25, 0.3) is 0 Å². The van der Waals surface area contributed by atoms with Crippen molar-refractivity contribution in [1.29, 1.82) is 0 Å². The van der Waals surface area contributed by atoms with Gasteiger partial charge < -0.3 is 11.1 Å². The number of amides is 1. The highest BCUT2D eigenvalue weighted by atomic mass is 16.1. The van der Waals surface area contributed by atoms with Gasteiger partial charge in [0.2, 0.25) is 5.91 Å². The number of primary amides is 1. The first-order valence-corrected chi connectivity index (χ1v) is 6.00. The van der Waals surface area contributed by atoms with Crippen LogP contribution in [0.1, 0.15) is 25.7 Å². The second-order valence-electron chi connectivity index (χ2n) is 4.81. The van der Waals surface area contributed by atoms with Crippen molar-refractivity contribution in [3.8, 4) is 0 Å². The monoisotopic (exact) mass is 211 g/mol. The lowest BCUT2D eigenvalue weighted by molar-refractivity contribution is -0.119. The Morgan fingerprint density at radius 2 is 2.27 bits per heavy atom. The summed E-state index contributed by atoms with van der Waals surface area (Å²) in [5, 5.41) is 3.56. The standard InChI is InChI=1S/C11H21N3O/c12-11(15)8-14-6-2-3-9(7-14)10-4-1-5-13-10/h9-10,13H,1-8H2,(H2,12,15). The number of likely N-dealkylation sites (tertiary alicyclic amines) is 1. The van der Waals surface area contributed by atoms with Gasteiger partial charge in [0.1, 0.15) is 0 Å². The molecule has 2 heterocycles. The molecule has 2 aliphatic heterocycles.